The number of benzene rings is 1. The van der Waals surface area contributed by atoms with Crippen LogP contribution in [0.15, 0.2) is 17.7 Å². The zero-order chi connectivity index (χ0) is 22.2. The molecule has 0 aromatic heterocycles. The van der Waals surface area contributed by atoms with E-state index in [-0.39, 0.29) is 45.8 Å². The molecule has 0 saturated heterocycles. The summed E-state index contributed by atoms with van der Waals surface area (Å²) in [5, 5.41) is 41.6. The van der Waals surface area contributed by atoms with E-state index in [1.165, 1.54) is 6.92 Å². The standard InChI is InChI=1S/C23H29ClO6/c1-11-18(15(26)6-16(27)19(11)24)20(28)30-17-9-22(4)14-8-21(2,3)7-12(14)5-13(10-25)23(17,22)29/h5-6,12,14,17,25-27,29H,7-10H2,1-4H3/t12?,14?,17-,22-,23+/m1/s1. The number of rotatable bonds is 3. The molecule has 30 heavy (non-hydrogen) atoms. The van der Waals surface area contributed by atoms with Gasteiger partial charge in [-0.2, -0.15) is 0 Å². The minimum Gasteiger partial charge on any atom is -0.507 e. The summed E-state index contributed by atoms with van der Waals surface area (Å²) in [5.41, 5.74) is -1.25. The molecule has 164 valence electrons. The number of halogens is 1. The van der Waals surface area contributed by atoms with Crippen molar-refractivity contribution >= 4 is 17.6 Å². The second-order valence-corrected chi connectivity index (χ2v) is 10.6. The molecule has 1 aromatic rings. The van der Waals surface area contributed by atoms with Gasteiger partial charge in [0.25, 0.3) is 0 Å². The highest BCUT2D eigenvalue weighted by atomic mass is 35.5. The Morgan fingerprint density at radius 3 is 2.50 bits per heavy atom. The fraction of sp³-hybridized carbons (Fsp3) is 0.609. The van der Waals surface area contributed by atoms with Crippen molar-refractivity contribution in [2.24, 2.45) is 22.7 Å². The molecule has 0 spiro atoms. The Balaban J connectivity index is 1.66. The molecular formula is C23H29ClO6. The number of carbonyl (C=O) groups is 1. The van der Waals surface area contributed by atoms with E-state index in [2.05, 4.69) is 13.8 Å². The van der Waals surface area contributed by atoms with Gasteiger partial charge in [0.05, 0.1) is 11.6 Å². The third kappa shape index (κ3) is 2.73. The van der Waals surface area contributed by atoms with E-state index in [1.54, 1.807) is 0 Å². The smallest absolute Gasteiger partial charge is 0.342 e. The minimum atomic E-state index is -1.46. The van der Waals surface area contributed by atoms with E-state index in [0.717, 1.165) is 18.9 Å². The van der Waals surface area contributed by atoms with Crippen LogP contribution in [0.5, 0.6) is 11.5 Å². The van der Waals surface area contributed by atoms with E-state index in [1.807, 2.05) is 13.0 Å². The first-order valence-electron chi connectivity index (χ1n) is 10.3. The molecule has 2 saturated carbocycles. The SMILES string of the molecule is Cc1c(Cl)c(O)cc(O)c1C(=O)O[C@@H]1C[C@]2(C)C3CC(C)(C)CC3C=C(CO)[C@]12O. The van der Waals surface area contributed by atoms with Crippen LogP contribution < -0.4 is 0 Å². The van der Waals surface area contributed by atoms with Crippen LogP contribution in [0.1, 0.15) is 56.0 Å². The molecule has 2 unspecified atom stereocenters. The Kier molecular flexibility index (Phi) is 4.74. The van der Waals surface area contributed by atoms with Crippen molar-refractivity contribution < 1.29 is 30.0 Å². The van der Waals surface area contributed by atoms with Gasteiger partial charge in [-0.05, 0) is 54.6 Å². The highest BCUT2D eigenvalue weighted by Gasteiger charge is 2.72. The second kappa shape index (κ2) is 6.62. The third-order valence-electron chi connectivity index (χ3n) is 7.83. The van der Waals surface area contributed by atoms with Crippen molar-refractivity contribution in [2.45, 2.75) is 58.7 Å². The lowest BCUT2D eigenvalue weighted by Gasteiger charge is -2.65. The first kappa shape index (κ1) is 21.5. The summed E-state index contributed by atoms with van der Waals surface area (Å²) in [5.74, 6) is -1.07. The first-order valence-corrected chi connectivity index (χ1v) is 10.7. The van der Waals surface area contributed by atoms with Crippen LogP contribution >= 0.6 is 11.6 Å². The molecule has 4 N–H and O–H groups in total. The average molecular weight is 437 g/mol. The summed E-state index contributed by atoms with van der Waals surface area (Å²) >= 11 is 6.02. The quantitative estimate of drug-likeness (QED) is 0.425. The van der Waals surface area contributed by atoms with Crippen LogP contribution in [0, 0.1) is 29.6 Å². The summed E-state index contributed by atoms with van der Waals surface area (Å²) in [4.78, 5) is 12.9. The molecule has 3 aliphatic carbocycles. The van der Waals surface area contributed by atoms with Crippen LogP contribution in [0.2, 0.25) is 5.02 Å². The lowest BCUT2D eigenvalue weighted by atomic mass is 9.44. The normalized spacial score (nSPS) is 36.4. The number of aromatic hydroxyl groups is 2. The molecule has 0 radical (unpaired) electrons. The fourth-order valence-electron chi connectivity index (χ4n) is 6.31. The Bertz CT molecular complexity index is 954. The molecule has 1 aromatic carbocycles. The highest BCUT2D eigenvalue weighted by molar-refractivity contribution is 6.33. The Morgan fingerprint density at radius 1 is 1.20 bits per heavy atom. The lowest BCUT2D eigenvalue weighted by Crippen LogP contribution is -2.73. The number of carbonyl (C=O) groups excluding carboxylic acids is 1. The molecule has 0 amide bonds. The Morgan fingerprint density at radius 2 is 1.87 bits per heavy atom. The predicted octanol–water partition coefficient (Wildman–Crippen LogP) is 3.71. The monoisotopic (exact) mass is 436 g/mol. The van der Waals surface area contributed by atoms with Crippen molar-refractivity contribution in [3.63, 3.8) is 0 Å². The second-order valence-electron chi connectivity index (χ2n) is 10.2. The van der Waals surface area contributed by atoms with Crippen LogP contribution in [-0.4, -0.2) is 44.7 Å². The highest BCUT2D eigenvalue weighted by Crippen LogP contribution is 2.68. The van der Waals surface area contributed by atoms with Crippen LogP contribution in [0.4, 0.5) is 0 Å². The van der Waals surface area contributed by atoms with E-state index in [9.17, 15) is 25.2 Å². The van der Waals surface area contributed by atoms with Gasteiger partial charge in [0, 0.05) is 11.5 Å². The lowest BCUT2D eigenvalue weighted by molar-refractivity contribution is -0.250. The number of phenolic OH excluding ortho intramolecular Hbond substituents is 2. The van der Waals surface area contributed by atoms with Crippen molar-refractivity contribution in [2.75, 3.05) is 6.61 Å². The summed E-state index contributed by atoms with van der Waals surface area (Å²) in [6, 6.07) is 0.996. The number of hydrogen-bond acceptors (Lipinski definition) is 6. The molecule has 0 aliphatic heterocycles. The molecule has 5 atom stereocenters. The van der Waals surface area contributed by atoms with Gasteiger partial charge >= 0.3 is 5.97 Å². The van der Waals surface area contributed by atoms with Crippen LogP contribution in [-0.2, 0) is 4.74 Å². The van der Waals surface area contributed by atoms with Gasteiger partial charge in [-0.1, -0.05) is 38.4 Å². The van der Waals surface area contributed by atoms with Gasteiger partial charge in [0.1, 0.15) is 28.8 Å². The maximum atomic E-state index is 12.9. The summed E-state index contributed by atoms with van der Waals surface area (Å²) in [6.07, 6.45) is 3.55. The van der Waals surface area contributed by atoms with Crippen molar-refractivity contribution in [1.29, 1.82) is 0 Å². The molecule has 3 aliphatic rings. The zero-order valence-electron chi connectivity index (χ0n) is 17.7. The largest absolute Gasteiger partial charge is 0.507 e. The third-order valence-corrected chi connectivity index (χ3v) is 8.31. The number of esters is 1. The number of hydrogen-bond donors (Lipinski definition) is 4. The predicted molar refractivity (Wildman–Crippen MR) is 112 cm³/mol. The van der Waals surface area contributed by atoms with E-state index >= 15 is 0 Å². The summed E-state index contributed by atoms with van der Waals surface area (Å²) in [7, 11) is 0. The van der Waals surface area contributed by atoms with Gasteiger partial charge in [-0.15, -0.1) is 0 Å². The van der Waals surface area contributed by atoms with Gasteiger partial charge < -0.3 is 25.2 Å². The zero-order valence-corrected chi connectivity index (χ0v) is 18.5. The fourth-order valence-corrected chi connectivity index (χ4v) is 6.46. The van der Waals surface area contributed by atoms with Crippen LogP contribution in [0.25, 0.3) is 0 Å². The maximum absolute atomic E-state index is 12.9. The van der Waals surface area contributed by atoms with E-state index < -0.39 is 28.8 Å². The topological polar surface area (TPSA) is 107 Å². The molecule has 6 nitrogen and oxygen atoms in total. The van der Waals surface area contributed by atoms with Crippen molar-refractivity contribution in [1.82, 2.24) is 0 Å². The van der Waals surface area contributed by atoms with Gasteiger partial charge in [-0.25, -0.2) is 4.79 Å². The van der Waals surface area contributed by atoms with E-state index in [4.69, 9.17) is 16.3 Å². The molecule has 2 fully saturated rings. The van der Waals surface area contributed by atoms with Crippen molar-refractivity contribution in [3.8, 4) is 11.5 Å². The molecule has 7 heteroatoms. The Labute approximate surface area is 181 Å². The van der Waals surface area contributed by atoms with E-state index in [0.29, 0.717) is 12.0 Å². The van der Waals surface area contributed by atoms with Crippen molar-refractivity contribution in [3.05, 3.63) is 33.9 Å². The molecule has 0 heterocycles. The maximum Gasteiger partial charge on any atom is 0.342 e. The van der Waals surface area contributed by atoms with Gasteiger partial charge in [0.2, 0.25) is 0 Å². The minimum absolute atomic E-state index is 0.0402. The summed E-state index contributed by atoms with van der Waals surface area (Å²) in [6.45, 7) is 7.65. The molecular weight excluding hydrogens is 408 g/mol. The number of ether oxygens (including phenoxy) is 1. The van der Waals surface area contributed by atoms with Gasteiger partial charge in [-0.3, -0.25) is 0 Å². The summed E-state index contributed by atoms with van der Waals surface area (Å²) < 4.78 is 5.66. The van der Waals surface area contributed by atoms with Gasteiger partial charge in [0.15, 0.2) is 0 Å². The molecule has 0 bridgehead atoms. The number of phenols is 2. The average Bonchev–Trinajstić information content (AvgIpc) is 2.97. The number of fused-ring (bicyclic) bond motifs is 3. The number of aliphatic hydroxyl groups excluding tert-OH is 1. The number of aliphatic hydroxyl groups is 2. The Hall–Kier alpha value is -1.76. The first-order chi connectivity index (χ1) is 13.9. The number of allylic oxidation sites excluding steroid dienone is 1. The van der Waals surface area contributed by atoms with Crippen LogP contribution in [0.3, 0.4) is 0 Å². The molecule has 4 rings (SSSR count).